The molecule has 2 aromatic rings. The summed E-state index contributed by atoms with van der Waals surface area (Å²) >= 11 is 0. The van der Waals surface area contributed by atoms with Crippen molar-refractivity contribution in [3.63, 3.8) is 0 Å². The summed E-state index contributed by atoms with van der Waals surface area (Å²) in [6, 6.07) is 5.80. The number of hydrogen-bond acceptors (Lipinski definition) is 4. The standard InChI is InChI=1S/C14H18N4O2/c1-2-17(10-6-7-10)8-9-18-13-11(14(19)20)4-3-5-12(13)15-16-18/h3-5,10H,2,6-9H2,1H3,(H,19,20). The van der Waals surface area contributed by atoms with Gasteiger partial charge in [-0.2, -0.15) is 0 Å². The summed E-state index contributed by atoms with van der Waals surface area (Å²) in [5, 5.41) is 17.4. The van der Waals surface area contributed by atoms with E-state index in [9.17, 15) is 9.90 Å². The molecule has 0 amide bonds. The van der Waals surface area contributed by atoms with Crippen LogP contribution < -0.4 is 0 Å². The number of para-hydroxylation sites is 1. The molecule has 1 aromatic carbocycles. The third-order valence-corrected chi connectivity index (χ3v) is 3.83. The highest BCUT2D eigenvalue weighted by molar-refractivity contribution is 6.00. The average Bonchev–Trinajstić information content (AvgIpc) is 3.20. The minimum Gasteiger partial charge on any atom is -0.478 e. The SMILES string of the molecule is CCN(CCn1nnc2cccc(C(=O)O)c21)C1CC1. The molecule has 1 aliphatic carbocycles. The second-order valence-electron chi connectivity index (χ2n) is 5.15. The van der Waals surface area contributed by atoms with Gasteiger partial charge in [-0.05, 0) is 31.5 Å². The van der Waals surface area contributed by atoms with Gasteiger partial charge < -0.3 is 5.11 Å². The molecule has 20 heavy (non-hydrogen) atoms. The lowest BCUT2D eigenvalue weighted by molar-refractivity contribution is 0.0698. The van der Waals surface area contributed by atoms with Gasteiger partial charge in [0.1, 0.15) is 11.0 Å². The van der Waals surface area contributed by atoms with E-state index in [0.717, 1.165) is 13.1 Å². The van der Waals surface area contributed by atoms with Gasteiger partial charge in [-0.15, -0.1) is 5.10 Å². The number of nitrogens with zero attached hydrogens (tertiary/aromatic N) is 4. The fraction of sp³-hybridized carbons (Fsp3) is 0.500. The molecule has 1 aliphatic rings. The fourth-order valence-electron chi connectivity index (χ4n) is 2.62. The number of fused-ring (bicyclic) bond motifs is 1. The van der Waals surface area contributed by atoms with Crippen LogP contribution in [0.4, 0.5) is 0 Å². The van der Waals surface area contributed by atoms with Crippen LogP contribution >= 0.6 is 0 Å². The summed E-state index contributed by atoms with van der Waals surface area (Å²) in [5.41, 5.74) is 1.52. The van der Waals surface area contributed by atoms with Crippen molar-refractivity contribution in [1.82, 2.24) is 19.9 Å². The first-order valence-corrected chi connectivity index (χ1v) is 7.00. The molecule has 0 saturated heterocycles. The van der Waals surface area contributed by atoms with Gasteiger partial charge in [0.05, 0.1) is 12.1 Å². The summed E-state index contributed by atoms with van der Waals surface area (Å²) in [4.78, 5) is 13.7. The molecule has 106 valence electrons. The second kappa shape index (κ2) is 5.20. The molecule has 0 bridgehead atoms. The highest BCUT2D eigenvalue weighted by Gasteiger charge is 2.27. The van der Waals surface area contributed by atoms with Crippen molar-refractivity contribution in [3.8, 4) is 0 Å². The van der Waals surface area contributed by atoms with E-state index in [1.165, 1.54) is 12.8 Å². The summed E-state index contributed by atoms with van der Waals surface area (Å²) < 4.78 is 1.71. The molecule has 6 nitrogen and oxygen atoms in total. The third-order valence-electron chi connectivity index (χ3n) is 3.83. The van der Waals surface area contributed by atoms with Crippen molar-refractivity contribution in [1.29, 1.82) is 0 Å². The maximum Gasteiger partial charge on any atom is 0.337 e. The van der Waals surface area contributed by atoms with Crippen molar-refractivity contribution < 1.29 is 9.90 Å². The largest absolute Gasteiger partial charge is 0.478 e. The number of aromatic nitrogens is 3. The van der Waals surface area contributed by atoms with Crippen LogP contribution in [-0.4, -0.2) is 50.1 Å². The number of benzene rings is 1. The Hall–Kier alpha value is -1.95. The normalized spacial score (nSPS) is 15.1. The zero-order valence-corrected chi connectivity index (χ0v) is 11.5. The zero-order chi connectivity index (χ0) is 14.1. The number of carbonyl (C=O) groups is 1. The second-order valence-corrected chi connectivity index (χ2v) is 5.15. The van der Waals surface area contributed by atoms with Gasteiger partial charge in [0.15, 0.2) is 0 Å². The highest BCUT2D eigenvalue weighted by atomic mass is 16.4. The van der Waals surface area contributed by atoms with Crippen molar-refractivity contribution in [3.05, 3.63) is 23.8 Å². The van der Waals surface area contributed by atoms with Crippen molar-refractivity contribution >= 4 is 17.0 Å². The van der Waals surface area contributed by atoms with Gasteiger partial charge in [0.2, 0.25) is 0 Å². The number of carboxylic acid groups (broad SMARTS) is 1. The number of hydrogen-bond donors (Lipinski definition) is 1. The predicted molar refractivity (Wildman–Crippen MR) is 74.8 cm³/mol. The van der Waals surface area contributed by atoms with E-state index in [2.05, 4.69) is 22.1 Å². The van der Waals surface area contributed by atoms with Crippen LogP contribution in [0.15, 0.2) is 18.2 Å². The predicted octanol–water partition coefficient (Wildman–Crippen LogP) is 1.61. The Bertz CT molecular complexity index is 633. The van der Waals surface area contributed by atoms with Crippen LogP contribution in [0.25, 0.3) is 11.0 Å². The molecular formula is C14H18N4O2. The average molecular weight is 274 g/mol. The minimum absolute atomic E-state index is 0.266. The lowest BCUT2D eigenvalue weighted by Crippen LogP contribution is -2.29. The van der Waals surface area contributed by atoms with Gasteiger partial charge >= 0.3 is 5.97 Å². The number of rotatable bonds is 6. The summed E-state index contributed by atoms with van der Waals surface area (Å²) in [6.45, 7) is 4.72. The summed E-state index contributed by atoms with van der Waals surface area (Å²) in [5.74, 6) is -0.936. The molecule has 1 aromatic heterocycles. The molecule has 0 radical (unpaired) electrons. The molecule has 0 atom stereocenters. The van der Waals surface area contributed by atoms with E-state index in [4.69, 9.17) is 0 Å². The Morgan fingerprint density at radius 2 is 2.30 bits per heavy atom. The molecular weight excluding hydrogens is 256 g/mol. The molecule has 1 fully saturated rings. The molecule has 1 heterocycles. The molecule has 3 rings (SSSR count). The van der Waals surface area contributed by atoms with Crippen LogP contribution in [0, 0.1) is 0 Å². The van der Waals surface area contributed by atoms with Crippen LogP contribution in [0.2, 0.25) is 0 Å². The fourth-order valence-corrected chi connectivity index (χ4v) is 2.62. The number of carboxylic acids is 1. The van der Waals surface area contributed by atoms with Gasteiger partial charge in [0, 0.05) is 12.6 Å². The first-order valence-electron chi connectivity index (χ1n) is 7.00. The van der Waals surface area contributed by atoms with Crippen LogP contribution in [-0.2, 0) is 6.54 Å². The van der Waals surface area contributed by atoms with Gasteiger partial charge in [-0.3, -0.25) is 4.90 Å². The van der Waals surface area contributed by atoms with E-state index in [-0.39, 0.29) is 5.56 Å². The zero-order valence-electron chi connectivity index (χ0n) is 11.5. The molecule has 0 spiro atoms. The Morgan fingerprint density at radius 3 is 2.95 bits per heavy atom. The van der Waals surface area contributed by atoms with Crippen LogP contribution in [0.1, 0.15) is 30.1 Å². The summed E-state index contributed by atoms with van der Waals surface area (Å²) in [7, 11) is 0. The maximum atomic E-state index is 11.3. The minimum atomic E-state index is -0.936. The first-order chi connectivity index (χ1) is 9.70. The lowest BCUT2D eigenvalue weighted by atomic mass is 10.2. The topological polar surface area (TPSA) is 71.2 Å². The van der Waals surface area contributed by atoms with E-state index in [1.54, 1.807) is 22.9 Å². The van der Waals surface area contributed by atoms with E-state index < -0.39 is 5.97 Å². The van der Waals surface area contributed by atoms with Crippen molar-refractivity contribution in [2.45, 2.75) is 32.4 Å². The molecule has 1 saturated carbocycles. The van der Waals surface area contributed by atoms with Crippen molar-refractivity contribution in [2.75, 3.05) is 13.1 Å². The molecule has 0 unspecified atom stereocenters. The van der Waals surface area contributed by atoms with E-state index in [1.807, 2.05) is 0 Å². The van der Waals surface area contributed by atoms with Crippen LogP contribution in [0.3, 0.4) is 0 Å². The third kappa shape index (κ3) is 2.38. The van der Waals surface area contributed by atoms with Crippen molar-refractivity contribution in [2.24, 2.45) is 0 Å². The summed E-state index contributed by atoms with van der Waals surface area (Å²) in [6.07, 6.45) is 2.54. The number of likely N-dealkylation sites (N-methyl/N-ethyl adjacent to an activating group) is 1. The Morgan fingerprint density at radius 1 is 1.50 bits per heavy atom. The molecule has 6 heteroatoms. The molecule has 1 N–H and O–H groups in total. The van der Waals surface area contributed by atoms with E-state index in [0.29, 0.717) is 23.6 Å². The quantitative estimate of drug-likeness (QED) is 0.866. The van der Waals surface area contributed by atoms with Gasteiger partial charge in [-0.25, -0.2) is 9.48 Å². The van der Waals surface area contributed by atoms with Gasteiger partial charge in [-0.1, -0.05) is 18.2 Å². The molecule has 0 aliphatic heterocycles. The lowest BCUT2D eigenvalue weighted by Gasteiger charge is -2.19. The van der Waals surface area contributed by atoms with E-state index >= 15 is 0 Å². The monoisotopic (exact) mass is 274 g/mol. The smallest absolute Gasteiger partial charge is 0.337 e. The Labute approximate surface area is 117 Å². The Balaban J connectivity index is 1.85. The Kier molecular flexibility index (Phi) is 3.40. The van der Waals surface area contributed by atoms with Gasteiger partial charge in [0.25, 0.3) is 0 Å². The number of aromatic carboxylic acids is 1. The highest BCUT2D eigenvalue weighted by Crippen LogP contribution is 2.26. The first kappa shape index (κ1) is 13.1. The maximum absolute atomic E-state index is 11.3. The van der Waals surface area contributed by atoms with Crippen LogP contribution in [0.5, 0.6) is 0 Å².